The van der Waals surface area contributed by atoms with Crippen molar-refractivity contribution in [3.8, 4) is 5.75 Å². The number of hydrogen-bond acceptors (Lipinski definition) is 4. The monoisotopic (exact) mass is 239 g/mol. The molecule has 1 aromatic rings. The standard InChI is InChI=1S/C13H21NO3/c1-10(16-2)8-14-9-13(15)11-5-4-6-12(7-11)17-3/h4-7,10,13-15H,8-9H2,1-3H3. The normalized spacial score (nSPS) is 14.4. The molecule has 0 heterocycles. The summed E-state index contributed by atoms with van der Waals surface area (Å²) in [4.78, 5) is 0. The third-order valence-corrected chi connectivity index (χ3v) is 2.65. The van der Waals surface area contributed by atoms with Crippen LogP contribution >= 0.6 is 0 Å². The Kier molecular flexibility index (Phi) is 5.97. The molecule has 2 unspecified atom stereocenters. The third-order valence-electron chi connectivity index (χ3n) is 2.65. The van der Waals surface area contributed by atoms with E-state index in [4.69, 9.17) is 9.47 Å². The van der Waals surface area contributed by atoms with Gasteiger partial charge in [-0.2, -0.15) is 0 Å². The molecular formula is C13H21NO3. The van der Waals surface area contributed by atoms with E-state index in [-0.39, 0.29) is 6.10 Å². The Bertz CT molecular complexity index is 330. The second-order valence-corrected chi connectivity index (χ2v) is 4.00. The van der Waals surface area contributed by atoms with Gasteiger partial charge in [-0.25, -0.2) is 0 Å². The van der Waals surface area contributed by atoms with Crippen LogP contribution in [0.3, 0.4) is 0 Å². The minimum absolute atomic E-state index is 0.146. The SMILES string of the molecule is COc1cccc(C(O)CNCC(C)OC)c1. The Labute approximate surface area is 103 Å². The topological polar surface area (TPSA) is 50.7 Å². The molecule has 0 aromatic heterocycles. The lowest BCUT2D eigenvalue weighted by Gasteiger charge is -2.15. The molecule has 1 aromatic carbocycles. The molecule has 0 spiro atoms. The van der Waals surface area contributed by atoms with E-state index in [9.17, 15) is 5.11 Å². The van der Waals surface area contributed by atoms with Gasteiger partial charge in [0.1, 0.15) is 5.75 Å². The molecule has 0 aliphatic carbocycles. The Morgan fingerprint density at radius 3 is 2.71 bits per heavy atom. The maximum atomic E-state index is 9.97. The van der Waals surface area contributed by atoms with Gasteiger partial charge in [-0.1, -0.05) is 12.1 Å². The number of nitrogens with one attached hydrogen (secondary N) is 1. The summed E-state index contributed by atoms with van der Waals surface area (Å²) in [5.74, 6) is 0.756. The van der Waals surface area contributed by atoms with Crippen LogP contribution in [0.5, 0.6) is 5.75 Å². The van der Waals surface area contributed by atoms with Crippen molar-refractivity contribution >= 4 is 0 Å². The summed E-state index contributed by atoms with van der Waals surface area (Å²) in [6.45, 7) is 3.20. The average molecular weight is 239 g/mol. The van der Waals surface area contributed by atoms with Crippen LogP contribution in [0.25, 0.3) is 0 Å². The second-order valence-electron chi connectivity index (χ2n) is 4.00. The van der Waals surface area contributed by atoms with Gasteiger partial charge in [0.25, 0.3) is 0 Å². The minimum Gasteiger partial charge on any atom is -0.497 e. The van der Waals surface area contributed by atoms with E-state index in [1.165, 1.54) is 0 Å². The summed E-state index contributed by atoms with van der Waals surface area (Å²) < 4.78 is 10.2. The Morgan fingerprint density at radius 2 is 2.06 bits per heavy atom. The smallest absolute Gasteiger partial charge is 0.119 e. The van der Waals surface area contributed by atoms with E-state index >= 15 is 0 Å². The number of aliphatic hydroxyl groups is 1. The molecule has 0 fully saturated rings. The van der Waals surface area contributed by atoms with Crippen LogP contribution in [-0.2, 0) is 4.74 Å². The minimum atomic E-state index is -0.533. The van der Waals surface area contributed by atoms with Crippen LogP contribution in [0.4, 0.5) is 0 Å². The lowest BCUT2D eigenvalue weighted by molar-refractivity contribution is 0.109. The van der Waals surface area contributed by atoms with E-state index in [0.717, 1.165) is 17.9 Å². The third kappa shape index (κ3) is 4.73. The number of rotatable bonds is 7. The highest BCUT2D eigenvalue weighted by atomic mass is 16.5. The molecule has 0 amide bonds. The number of methoxy groups -OCH3 is 2. The van der Waals surface area contributed by atoms with Crippen LogP contribution in [-0.4, -0.2) is 38.5 Å². The molecule has 17 heavy (non-hydrogen) atoms. The van der Waals surface area contributed by atoms with Gasteiger partial charge in [0, 0.05) is 20.2 Å². The zero-order valence-electron chi connectivity index (χ0n) is 10.6. The molecule has 2 N–H and O–H groups in total. The molecule has 0 aliphatic rings. The number of ether oxygens (including phenoxy) is 2. The van der Waals surface area contributed by atoms with E-state index in [2.05, 4.69) is 5.32 Å². The average Bonchev–Trinajstić information content (AvgIpc) is 2.38. The molecule has 0 bridgehead atoms. The fraction of sp³-hybridized carbons (Fsp3) is 0.538. The number of benzene rings is 1. The van der Waals surface area contributed by atoms with Gasteiger partial charge >= 0.3 is 0 Å². The molecule has 2 atom stereocenters. The van der Waals surface area contributed by atoms with Crippen molar-refractivity contribution in [1.29, 1.82) is 0 Å². The molecule has 4 heteroatoms. The first kappa shape index (κ1) is 14.0. The van der Waals surface area contributed by atoms with Crippen molar-refractivity contribution < 1.29 is 14.6 Å². The highest BCUT2D eigenvalue weighted by molar-refractivity contribution is 5.29. The van der Waals surface area contributed by atoms with Crippen LogP contribution in [0.1, 0.15) is 18.6 Å². The molecule has 0 saturated heterocycles. The van der Waals surface area contributed by atoms with Crippen LogP contribution in [0, 0.1) is 0 Å². The van der Waals surface area contributed by atoms with E-state index in [0.29, 0.717) is 6.54 Å². The van der Waals surface area contributed by atoms with Crippen LogP contribution < -0.4 is 10.1 Å². The van der Waals surface area contributed by atoms with Crippen molar-refractivity contribution in [2.75, 3.05) is 27.3 Å². The summed E-state index contributed by atoms with van der Waals surface area (Å²) in [6, 6.07) is 7.45. The molecule has 4 nitrogen and oxygen atoms in total. The van der Waals surface area contributed by atoms with E-state index in [1.807, 2.05) is 31.2 Å². The quantitative estimate of drug-likeness (QED) is 0.754. The zero-order chi connectivity index (χ0) is 12.7. The predicted octanol–water partition coefficient (Wildman–Crippen LogP) is 1.35. The highest BCUT2D eigenvalue weighted by Crippen LogP contribution is 2.18. The maximum Gasteiger partial charge on any atom is 0.119 e. The highest BCUT2D eigenvalue weighted by Gasteiger charge is 2.08. The van der Waals surface area contributed by atoms with Gasteiger partial charge in [0.05, 0.1) is 19.3 Å². The fourth-order valence-corrected chi connectivity index (χ4v) is 1.47. The van der Waals surface area contributed by atoms with Gasteiger partial charge in [-0.15, -0.1) is 0 Å². The van der Waals surface area contributed by atoms with Crippen molar-refractivity contribution in [2.24, 2.45) is 0 Å². The number of aliphatic hydroxyl groups excluding tert-OH is 1. The lowest BCUT2D eigenvalue weighted by atomic mass is 10.1. The predicted molar refractivity (Wildman–Crippen MR) is 67.3 cm³/mol. The summed E-state index contributed by atoms with van der Waals surface area (Å²) in [5, 5.41) is 13.1. The summed E-state index contributed by atoms with van der Waals surface area (Å²) in [7, 11) is 3.29. The molecule has 0 aliphatic heterocycles. The first-order chi connectivity index (χ1) is 8.17. The van der Waals surface area contributed by atoms with Crippen molar-refractivity contribution in [2.45, 2.75) is 19.1 Å². The molecule has 1 rings (SSSR count). The maximum absolute atomic E-state index is 9.97. The lowest BCUT2D eigenvalue weighted by Crippen LogP contribution is -2.29. The Balaban J connectivity index is 2.43. The van der Waals surface area contributed by atoms with Crippen molar-refractivity contribution in [3.05, 3.63) is 29.8 Å². The Morgan fingerprint density at radius 1 is 1.29 bits per heavy atom. The molecule has 96 valence electrons. The summed E-state index contributed by atoms with van der Waals surface area (Å²) in [6.07, 6.45) is -0.387. The van der Waals surface area contributed by atoms with Gasteiger partial charge in [0.15, 0.2) is 0 Å². The Hall–Kier alpha value is -1.10. The van der Waals surface area contributed by atoms with Gasteiger partial charge in [0.2, 0.25) is 0 Å². The van der Waals surface area contributed by atoms with E-state index in [1.54, 1.807) is 14.2 Å². The zero-order valence-corrected chi connectivity index (χ0v) is 10.6. The first-order valence-electron chi connectivity index (χ1n) is 5.73. The van der Waals surface area contributed by atoms with Crippen molar-refractivity contribution in [3.63, 3.8) is 0 Å². The molecular weight excluding hydrogens is 218 g/mol. The largest absolute Gasteiger partial charge is 0.497 e. The van der Waals surface area contributed by atoms with Crippen LogP contribution in [0.15, 0.2) is 24.3 Å². The molecule has 0 radical (unpaired) electrons. The summed E-state index contributed by atoms with van der Waals surface area (Å²) >= 11 is 0. The van der Waals surface area contributed by atoms with Gasteiger partial charge in [-0.05, 0) is 24.6 Å². The van der Waals surface area contributed by atoms with Crippen molar-refractivity contribution in [1.82, 2.24) is 5.32 Å². The van der Waals surface area contributed by atoms with Gasteiger partial charge < -0.3 is 19.9 Å². The molecule has 0 saturated carbocycles. The number of hydrogen-bond donors (Lipinski definition) is 2. The summed E-state index contributed by atoms with van der Waals surface area (Å²) in [5.41, 5.74) is 0.849. The van der Waals surface area contributed by atoms with Gasteiger partial charge in [-0.3, -0.25) is 0 Å². The fourth-order valence-electron chi connectivity index (χ4n) is 1.47. The second kappa shape index (κ2) is 7.27. The van der Waals surface area contributed by atoms with Crippen LogP contribution in [0.2, 0.25) is 0 Å². The van der Waals surface area contributed by atoms with E-state index < -0.39 is 6.10 Å². The first-order valence-corrected chi connectivity index (χ1v) is 5.73.